The lowest BCUT2D eigenvalue weighted by molar-refractivity contribution is 0.102. The molecule has 1 amide bonds. The van der Waals surface area contributed by atoms with Gasteiger partial charge in [-0.2, -0.15) is 0 Å². The van der Waals surface area contributed by atoms with E-state index in [-0.39, 0.29) is 17.0 Å². The molecule has 0 spiro atoms. The number of rotatable bonds is 5. The molecule has 9 heteroatoms. The number of carbonyl (C=O) groups excluding carboxylic acids is 1. The Kier molecular flexibility index (Phi) is 5.22. The number of alkyl halides is 2. The Bertz CT molecular complexity index is 1270. The average molecular weight is 434 g/mol. The van der Waals surface area contributed by atoms with Crippen molar-refractivity contribution in [2.75, 3.05) is 23.3 Å². The third-order valence-electron chi connectivity index (χ3n) is 5.56. The van der Waals surface area contributed by atoms with E-state index in [2.05, 4.69) is 30.2 Å². The van der Waals surface area contributed by atoms with E-state index in [1.807, 2.05) is 6.07 Å². The fourth-order valence-electron chi connectivity index (χ4n) is 3.99. The van der Waals surface area contributed by atoms with Crippen LogP contribution in [-0.2, 0) is 0 Å². The number of nitrogens with zero attached hydrogens (tertiary/aromatic N) is 4. The van der Waals surface area contributed by atoms with Gasteiger partial charge in [0.25, 0.3) is 12.3 Å². The third kappa shape index (κ3) is 3.77. The highest BCUT2D eigenvalue weighted by atomic mass is 19.3. The van der Waals surface area contributed by atoms with Gasteiger partial charge in [0.1, 0.15) is 11.3 Å². The maximum Gasteiger partial charge on any atom is 0.264 e. The number of aromatic nitrogens is 4. The van der Waals surface area contributed by atoms with E-state index < -0.39 is 12.3 Å². The molecule has 1 aliphatic heterocycles. The minimum Gasteiger partial charge on any atom is -0.372 e. The van der Waals surface area contributed by atoms with Crippen molar-refractivity contribution in [1.82, 2.24) is 19.9 Å². The summed E-state index contributed by atoms with van der Waals surface area (Å²) in [5.74, 6) is -0.128. The van der Waals surface area contributed by atoms with Crippen LogP contribution in [0.25, 0.3) is 22.4 Å². The number of halogens is 2. The number of carbonyl (C=O) groups is 1. The molecule has 2 N–H and O–H groups in total. The normalized spacial score (nSPS) is 13.8. The maximum atomic E-state index is 13.9. The minimum absolute atomic E-state index is 0.0947. The molecule has 1 fully saturated rings. The number of imidazole rings is 1. The second kappa shape index (κ2) is 8.33. The summed E-state index contributed by atoms with van der Waals surface area (Å²) in [6.45, 7) is 1.74. The minimum atomic E-state index is -2.66. The van der Waals surface area contributed by atoms with Crippen LogP contribution in [0, 0.1) is 0 Å². The van der Waals surface area contributed by atoms with Crippen molar-refractivity contribution in [3.05, 3.63) is 66.2 Å². The Balaban J connectivity index is 1.53. The van der Waals surface area contributed by atoms with E-state index in [1.165, 1.54) is 24.7 Å². The van der Waals surface area contributed by atoms with Gasteiger partial charge < -0.3 is 15.2 Å². The number of benzene rings is 1. The number of amides is 1. The Morgan fingerprint density at radius 2 is 1.94 bits per heavy atom. The number of hydrogen-bond donors (Lipinski definition) is 2. The van der Waals surface area contributed by atoms with Crippen molar-refractivity contribution < 1.29 is 13.6 Å². The maximum absolute atomic E-state index is 13.9. The summed E-state index contributed by atoms with van der Waals surface area (Å²) in [4.78, 5) is 30.5. The number of anilines is 2. The van der Waals surface area contributed by atoms with Gasteiger partial charge >= 0.3 is 0 Å². The van der Waals surface area contributed by atoms with Crippen LogP contribution < -0.4 is 10.2 Å². The highest BCUT2D eigenvalue weighted by Gasteiger charge is 2.22. The summed E-state index contributed by atoms with van der Waals surface area (Å²) in [6, 6.07) is 8.46. The van der Waals surface area contributed by atoms with Crippen molar-refractivity contribution in [2.45, 2.75) is 19.3 Å². The average Bonchev–Trinajstić information content (AvgIpc) is 3.49. The molecule has 1 aromatic carbocycles. The smallest absolute Gasteiger partial charge is 0.264 e. The first-order valence-electron chi connectivity index (χ1n) is 10.3. The quantitative estimate of drug-likeness (QED) is 0.471. The first kappa shape index (κ1) is 20.0. The predicted molar refractivity (Wildman–Crippen MR) is 118 cm³/mol. The van der Waals surface area contributed by atoms with Crippen LogP contribution in [0.4, 0.5) is 20.2 Å². The van der Waals surface area contributed by atoms with Crippen molar-refractivity contribution in [3.8, 4) is 11.4 Å². The monoisotopic (exact) mass is 434 g/mol. The molecule has 1 aliphatic rings. The van der Waals surface area contributed by atoms with Crippen LogP contribution in [0.5, 0.6) is 0 Å². The van der Waals surface area contributed by atoms with E-state index in [4.69, 9.17) is 0 Å². The molecule has 4 aromatic rings. The molecule has 0 unspecified atom stereocenters. The lowest BCUT2D eigenvalue weighted by Crippen LogP contribution is -2.17. The van der Waals surface area contributed by atoms with E-state index in [1.54, 1.807) is 24.4 Å². The summed E-state index contributed by atoms with van der Waals surface area (Å²) in [6.07, 6.45) is 5.51. The van der Waals surface area contributed by atoms with Gasteiger partial charge in [0.05, 0.1) is 29.2 Å². The van der Waals surface area contributed by atoms with Crippen LogP contribution in [0.1, 0.15) is 35.2 Å². The van der Waals surface area contributed by atoms with Gasteiger partial charge in [-0.15, -0.1) is 0 Å². The van der Waals surface area contributed by atoms with Crippen molar-refractivity contribution in [1.29, 1.82) is 0 Å². The second-order valence-electron chi connectivity index (χ2n) is 7.63. The molecule has 0 atom stereocenters. The molecule has 5 rings (SSSR count). The van der Waals surface area contributed by atoms with Gasteiger partial charge in [0, 0.05) is 42.3 Å². The highest BCUT2D eigenvalue weighted by molar-refractivity contribution is 6.11. The SMILES string of the molecule is O=C(Nc1cccnc1)c1cncc2nc(-c3ccc(N4CCCC4)cc3C(F)F)[nH]c12. The van der Waals surface area contributed by atoms with Gasteiger partial charge in [0.2, 0.25) is 0 Å². The van der Waals surface area contributed by atoms with Crippen LogP contribution in [0.3, 0.4) is 0 Å². The number of H-pyrrole nitrogens is 1. The number of nitrogens with one attached hydrogen (secondary N) is 2. The molecule has 1 saturated heterocycles. The molecular weight excluding hydrogens is 414 g/mol. The van der Waals surface area contributed by atoms with Gasteiger partial charge in [0.15, 0.2) is 0 Å². The second-order valence-corrected chi connectivity index (χ2v) is 7.63. The summed E-state index contributed by atoms with van der Waals surface area (Å²) < 4.78 is 27.9. The Morgan fingerprint density at radius 3 is 2.69 bits per heavy atom. The molecule has 0 bridgehead atoms. The van der Waals surface area contributed by atoms with Gasteiger partial charge in [-0.25, -0.2) is 13.8 Å². The molecule has 4 heterocycles. The van der Waals surface area contributed by atoms with E-state index in [0.717, 1.165) is 31.6 Å². The van der Waals surface area contributed by atoms with Crippen LogP contribution >= 0.6 is 0 Å². The van der Waals surface area contributed by atoms with Crippen LogP contribution in [0.2, 0.25) is 0 Å². The molecule has 162 valence electrons. The summed E-state index contributed by atoms with van der Waals surface area (Å²) in [5, 5.41) is 2.75. The molecule has 32 heavy (non-hydrogen) atoms. The lowest BCUT2D eigenvalue weighted by atomic mass is 10.1. The lowest BCUT2D eigenvalue weighted by Gasteiger charge is -2.19. The molecule has 0 aliphatic carbocycles. The van der Waals surface area contributed by atoms with Gasteiger partial charge in [-0.1, -0.05) is 0 Å². The van der Waals surface area contributed by atoms with Gasteiger partial charge in [-0.05, 0) is 43.2 Å². The summed E-state index contributed by atoms with van der Waals surface area (Å²) >= 11 is 0. The highest BCUT2D eigenvalue weighted by Crippen LogP contribution is 2.35. The standard InChI is InChI=1S/C23H20F2N6O/c24-21(25)17-10-15(31-8-1-2-9-31)5-6-16(17)22-29-19-13-27-12-18(20(19)30-22)23(32)28-14-4-3-7-26-11-14/h3-7,10-13,21H,1-2,8-9H2,(H,28,32)(H,29,30). The Morgan fingerprint density at radius 1 is 1.09 bits per heavy atom. The molecule has 7 nitrogen and oxygen atoms in total. The fourth-order valence-corrected chi connectivity index (χ4v) is 3.99. The number of hydrogen-bond acceptors (Lipinski definition) is 5. The zero-order valence-electron chi connectivity index (χ0n) is 17.1. The summed E-state index contributed by atoms with van der Waals surface area (Å²) in [5.41, 5.74) is 2.64. The molecule has 0 radical (unpaired) electrons. The topological polar surface area (TPSA) is 86.8 Å². The predicted octanol–water partition coefficient (Wildman–Crippen LogP) is 4.81. The first-order chi connectivity index (χ1) is 15.6. The molecule has 3 aromatic heterocycles. The van der Waals surface area contributed by atoms with Crippen molar-refractivity contribution in [3.63, 3.8) is 0 Å². The van der Waals surface area contributed by atoms with E-state index in [9.17, 15) is 13.6 Å². The Hall–Kier alpha value is -3.88. The third-order valence-corrected chi connectivity index (χ3v) is 5.56. The zero-order valence-corrected chi connectivity index (χ0v) is 17.1. The zero-order chi connectivity index (χ0) is 22.1. The number of pyridine rings is 2. The van der Waals surface area contributed by atoms with Crippen molar-refractivity contribution in [2.24, 2.45) is 0 Å². The first-order valence-corrected chi connectivity index (χ1v) is 10.3. The molecular formula is C23H20F2N6O. The van der Waals surface area contributed by atoms with Crippen LogP contribution in [-0.4, -0.2) is 38.9 Å². The van der Waals surface area contributed by atoms with E-state index in [0.29, 0.717) is 22.3 Å². The van der Waals surface area contributed by atoms with E-state index >= 15 is 0 Å². The summed E-state index contributed by atoms with van der Waals surface area (Å²) in [7, 11) is 0. The van der Waals surface area contributed by atoms with Crippen LogP contribution in [0.15, 0.2) is 55.1 Å². The Labute approximate surface area is 182 Å². The van der Waals surface area contributed by atoms with Crippen molar-refractivity contribution >= 4 is 28.3 Å². The number of aromatic amines is 1. The molecule has 0 saturated carbocycles. The number of fused-ring (bicyclic) bond motifs is 1. The fraction of sp³-hybridized carbons (Fsp3) is 0.217. The largest absolute Gasteiger partial charge is 0.372 e. The van der Waals surface area contributed by atoms with Gasteiger partial charge in [-0.3, -0.25) is 14.8 Å².